The van der Waals surface area contributed by atoms with Gasteiger partial charge in [0.15, 0.2) is 11.3 Å². The number of fused-ring (bicyclic) bond motifs is 1. The van der Waals surface area contributed by atoms with E-state index in [-0.39, 0.29) is 5.91 Å². The van der Waals surface area contributed by atoms with E-state index in [1.807, 2.05) is 30.3 Å². The van der Waals surface area contributed by atoms with Gasteiger partial charge in [0.2, 0.25) is 0 Å². The molecule has 2 heterocycles. The Bertz CT molecular complexity index is 910. The molecule has 0 unspecified atom stereocenters. The standard InChI is InChI=1S/C15H13N3O2.C2HF3O2/c19-15(17-10-7-11-5-8-16-9-6-11)14-12-3-1-2-4-13(12)20-18-14;3-2(4,5)1(6)7/h1-6,8-9H,7,10H2,(H,17,19);(H,6,7). The van der Waals surface area contributed by atoms with Gasteiger partial charge in [0.25, 0.3) is 5.91 Å². The van der Waals surface area contributed by atoms with Crippen molar-refractivity contribution in [2.45, 2.75) is 12.6 Å². The van der Waals surface area contributed by atoms with Gasteiger partial charge in [0, 0.05) is 18.9 Å². The second kappa shape index (κ2) is 8.79. The molecule has 2 aromatic heterocycles. The van der Waals surface area contributed by atoms with Gasteiger partial charge in [-0.15, -0.1) is 0 Å². The van der Waals surface area contributed by atoms with Crippen molar-refractivity contribution in [3.63, 3.8) is 0 Å². The van der Waals surface area contributed by atoms with Crippen LogP contribution in [0.3, 0.4) is 0 Å². The van der Waals surface area contributed by atoms with Crippen LogP contribution < -0.4 is 5.32 Å². The van der Waals surface area contributed by atoms with E-state index in [4.69, 9.17) is 14.4 Å². The molecule has 0 atom stereocenters. The Labute approximate surface area is 150 Å². The summed E-state index contributed by atoms with van der Waals surface area (Å²) in [5.41, 5.74) is 2.08. The average Bonchev–Trinajstić information content (AvgIpc) is 3.06. The largest absolute Gasteiger partial charge is 0.490 e. The molecule has 0 radical (unpaired) electrons. The molecule has 3 aromatic rings. The topological polar surface area (TPSA) is 105 Å². The van der Waals surface area contributed by atoms with Crippen molar-refractivity contribution in [2.24, 2.45) is 0 Å². The normalized spacial score (nSPS) is 10.8. The molecule has 1 amide bonds. The van der Waals surface area contributed by atoms with Gasteiger partial charge in [-0.1, -0.05) is 17.3 Å². The molecule has 0 fully saturated rings. The Morgan fingerprint density at radius 2 is 1.74 bits per heavy atom. The smallest absolute Gasteiger partial charge is 0.475 e. The predicted octanol–water partition coefficient (Wildman–Crippen LogP) is 2.83. The molecule has 27 heavy (non-hydrogen) atoms. The highest BCUT2D eigenvalue weighted by atomic mass is 19.4. The van der Waals surface area contributed by atoms with E-state index in [2.05, 4.69) is 15.5 Å². The molecule has 0 aliphatic heterocycles. The van der Waals surface area contributed by atoms with Gasteiger partial charge >= 0.3 is 12.1 Å². The minimum absolute atomic E-state index is 0.219. The number of hydrogen-bond donors (Lipinski definition) is 2. The van der Waals surface area contributed by atoms with Crippen LogP contribution in [-0.2, 0) is 11.2 Å². The van der Waals surface area contributed by atoms with Gasteiger partial charge in [-0.2, -0.15) is 13.2 Å². The number of hydrogen-bond acceptors (Lipinski definition) is 5. The average molecular weight is 381 g/mol. The maximum absolute atomic E-state index is 12.1. The van der Waals surface area contributed by atoms with Crippen molar-refractivity contribution in [1.29, 1.82) is 0 Å². The van der Waals surface area contributed by atoms with Crippen molar-refractivity contribution in [2.75, 3.05) is 6.54 Å². The molecule has 7 nitrogen and oxygen atoms in total. The zero-order valence-electron chi connectivity index (χ0n) is 13.7. The van der Waals surface area contributed by atoms with Crippen molar-refractivity contribution in [3.8, 4) is 0 Å². The van der Waals surface area contributed by atoms with Gasteiger partial charge in [-0.25, -0.2) is 4.79 Å². The van der Waals surface area contributed by atoms with Crippen LogP contribution >= 0.6 is 0 Å². The predicted molar refractivity (Wildman–Crippen MR) is 88.0 cm³/mol. The first-order chi connectivity index (χ1) is 12.8. The maximum atomic E-state index is 12.1. The summed E-state index contributed by atoms with van der Waals surface area (Å²) < 4.78 is 36.9. The van der Waals surface area contributed by atoms with Crippen LogP contribution in [-0.4, -0.2) is 39.8 Å². The number of carbonyl (C=O) groups excluding carboxylic acids is 1. The second-order valence-electron chi connectivity index (χ2n) is 5.19. The number of pyridine rings is 1. The van der Waals surface area contributed by atoms with E-state index in [1.165, 1.54) is 0 Å². The minimum atomic E-state index is -5.08. The number of nitrogens with one attached hydrogen (secondary N) is 1. The Kier molecular flexibility index (Phi) is 6.47. The number of aromatic nitrogens is 2. The van der Waals surface area contributed by atoms with E-state index < -0.39 is 12.1 Å². The third kappa shape index (κ3) is 5.80. The second-order valence-corrected chi connectivity index (χ2v) is 5.19. The lowest BCUT2D eigenvalue weighted by Gasteiger charge is -2.03. The van der Waals surface area contributed by atoms with Gasteiger partial charge in [0.1, 0.15) is 0 Å². The lowest BCUT2D eigenvalue weighted by molar-refractivity contribution is -0.192. The summed E-state index contributed by atoms with van der Waals surface area (Å²) in [6.07, 6.45) is -0.853. The van der Waals surface area contributed by atoms with Crippen LogP contribution in [0.1, 0.15) is 16.1 Å². The van der Waals surface area contributed by atoms with Crippen LogP contribution in [0.25, 0.3) is 11.0 Å². The van der Waals surface area contributed by atoms with Crippen LogP contribution in [0.2, 0.25) is 0 Å². The summed E-state index contributed by atoms with van der Waals surface area (Å²) in [7, 11) is 0. The van der Waals surface area contributed by atoms with Crippen LogP contribution in [0.4, 0.5) is 13.2 Å². The van der Waals surface area contributed by atoms with Gasteiger partial charge < -0.3 is 14.9 Å². The van der Waals surface area contributed by atoms with Crippen molar-refractivity contribution >= 4 is 22.8 Å². The number of alkyl halides is 3. The fraction of sp³-hybridized carbons (Fsp3) is 0.176. The number of nitrogens with zero attached hydrogens (tertiary/aromatic N) is 2. The molecule has 3 rings (SSSR count). The maximum Gasteiger partial charge on any atom is 0.490 e. The van der Waals surface area contributed by atoms with E-state index in [1.54, 1.807) is 18.5 Å². The fourth-order valence-corrected chi connectivity index (χ4v) is 2.00. The highest BCUT2D eigenvalue weighted by Gasteiger charge is 2.38. The summed E-state index contributed by atoms with van der Waals surface area (Å²) in [5.74, 6) is -2.98. The molecular weight excluding hydrogens is 367 g/mol. The third-order valence-electron chi connectivity index (χ3n) is 3.28. The summed E-state index contributed by atoms with van der Waals surface area (Å²) in [5, 5.41) is 14.5. The highest BCUT2D eigenvalue weighted by molar-refractivity contribution is 6.03. The molecule has 1 aromatic carbocycles. The highest BCUT2D eigenvalue weighted by Crippen LogP contribution is 2.17. The van der Waals surface area contributed by atoms with E-state index in [0.717, 1.165) is 17.4 Å². The van der Waals surface area contributed by atoms with Crippen LogP contribution in [0.15, 0.2) is 53.3 Å². The quantitative estimate of drug-likeness (QED) is 0.720. The molecule has 142 valence electrons. The van der Waals surface area contributed by atoms with E-state index in [9.17, 15) is 18.0 Å². The van der Waals surface area contributed by atoms with Gasteiger partial charge in [-0.3, -0.25) is 9.78 Å². The molecular formula is C17H14F3N3O4. The van der Waals surface area contributed by atoms with Crippen molar-refractivity contribution < 1.29 is 32.4 Å². The number of amides is 1. The first-order valence-corrected chi connectivity index (χ1v) is 7.60. The summed E-state index contributed by atoms with van der Waals surface area (Å²) in [4.78, 5) is 24.9. The summed E-state index contributed by atoms with van der Waals surface area (Å²) in [6.45, 7) is 0.546. The Morgan fingerprint density at radius 1 is 1.11 bits per heavy atom. The van der Waals surface area contributed by atoms with Crippen LogP contribution in [0.5, 0.6) is 0 Å². The molecule has 0 aliphatic carbocycles. The number of carboxylic acid groups (broad SMARTS) is 1. The molecule has 0 aliphatic rings. The SMILES string of the molecule is O=C(NCCc1ccncc1)c1noc2ccccc12.O=C(O)C(F)(F)F. The number of para-hydroxylation sites is 1. The molecule has 10 heteroatoms. The van der Waals surface area contributed by atoms with E-state index in [0.29, 0.717) is 17.8 Å². The van der Waals surface area contributed by atoms with E-state index >= 15 is 0 Å². The monoisotopic (exact) mass is 381 g/mol. The molecule has 0 saturated heterocycles. The van der Waals surface area contributed by atoms with Gasteiger partial charge in [-0.05, 0) is 36.2 Å². The number of rotatable bonds is 4. The molecule has 0 bridgehead atoms. The number of aliphatic carboxylic acids is 1. The fourth-order valence-electron chi connectivity index (χ4n) is 2.00. The molecule has 0 spiro atoms. The number of carboxylic acids is 1. The Hall–Kier alpha value is -3.43. The first-order valence-electron chi connectivity index (χ1n) is 7.60. The first kappa shape index (κ1) is 19.9. The lowest BCUT2D eigenvalue weighted by Crippen LogP contribution is -2.26. The van der Waals surface area contributed by atoms with Crippen LogP contribution in [0, 0.1) is 0 Å². The number of benzene rings is 1. The van der Waals surface area contributed by atoms with Gasteiger partial charge in [0.05, 0.1) is 5.39 Å². The van der Waals surface area contributed by atoms with Crippen molar-refractivity contribution in [1.82, 2.24) is 15.5 Å². The molecule has 2 N–H and O–H groups in total. The zero-order chi connectivity index (χ0) is 19.9. The minimum Gasteiger partial charge on any atom is -0.475 e. The lowest BCUT2D eigenvalue weighted by atomic mass is 10.2. The summed E-state index contributed by atoms with van der Waals surface area (Å²) in [6, 6.07) is 11.2. The molecule has 0 saturated carbocycles. The summed E-state index contributed by atoms with van der Waals surface area (Å²) >= 11 is 0. The zero-order valence-corrected chi connectivity index (χ0v) is 13.7. The Morgan fingerprint density at radius 3 is 2.37 bits per heavy atom. The Balaban J connectivity index is 0.000000321. The number of halogens is 3. The van der Waals surface area contributed by atoms with Crippen molar-refractivity contribution in [3.05, 3.63) is 60.0 Å². The number of carbonyl (C=O) groups is 2. The third-order valence-corrected chi connectivity index (χ3v) is 3.28.